The highest BCUT2D eigenvalue weighted by Crippen LogP contribution is 2.42. The summed E-state index contributed by atoms with van der Waals surface area (Å²) in [6.07, 6.45) is 41.2. The Morgan fingerprint density at radius 2 is 0.882 bits per heavy atom. The Morgan fingerprint density at radius 3 is 1.27 bits per heavy atom. The van der Waals surface area contributed by atoms with Crippen molar-refractivity contribution in [2.45, 2.75) is 225 Å². The van der Waals surface area contributed by atoms with Crippen molar-refractivity contribution in [2.75, 3.05) is 20.3 Å². The van der Waals surface area contributed by atoms with E-state index in [1.807, 2.05) is 0 Å². The molecule has 0 rings (SSSR count). The van der Waals surface area contributed by atoms with E-state index in [-0.39, 0.29) is 19.0 Å². The Balaban J connectivity index is 3.96. The van der Waals surface area contributed by atoms with Gasteiger partial charge in [-0.05, 0) is 38.5 Å². The van der Waals surface area contributed by atoms with Gasteiger partial charge < -0.3 is 14.4 Å². The molecular formula is C42H81O8P. The van der Waals surface area contributed by atoms with Crippen LogP contribution in [0.4, 0.5) is 0 Å². The Morgan fingerprint density at radius 1 is 0.529 bits per heavy atom. The van der Waals surface area contributed by atoms with Gasteiger partial charge >= 0.3 is 19.8 Å². The first-order valence-electron chi connectivity index (χ1n) is 21.4. The number of phosphoric acid groups is 1. The van der Waals surface area contributed by atoms with Crippen LogP contribution < -0.4 is 0 Å². The third kappa shape index (κ3) is 38.3. The highest BCUT2D eigenvalue weighted by Gasteiger charge is 2.24. The van der Waals surface area contributed by atoms with E-state index in [0.29, 0.717) is 12.8 Å². The average Bonchev–Trinajstić information content (AvgIpc) is 3.12. The molecule has 0 aromatic carbocycles. The van der Waals surface area contributed by atoms with Crippen LogP contribution >= 0.6 is 7.82 Å². The fraction of sp³-hybridized carbons (Fsp3) is 0.905. The summed E-state index contributed by atoms with van der Waals surface area (Å²) in [5.74, 6) is -0.802. The van der Waals surface area contributed by atoms with Crippen molar-refractivity contribution in [3.63, 3.8) is 0 Å². The van der Waals surface area contributed by atoms with Gasteiger partial charge in [-0.1, -0.05) is 180 Å². The number of carbonyl (C=O) groups excluding carboxylic acids is 2. The summed E-state index contributed by atoms with van der Waals surface area (Å²) in [4.78, 5) is 34.4. The molecule has 0 spiro atoms. The molecule has 0 radical (unpaired) electrons. The van der Waals surface area contributed by atoms with Crippen molar-refractivity contribution in [2.24, 2.45) is 0 Å². The molecule has 0 aromatic rings. The van der Waals surface area contributed by atoms with Crippen LogP contribution in [0.15, 0.2) is 12.2 Å². The molecule has 0 fully saturated rings. The number of hydrogen-bond donors (Lipinski definition) is 1. The molecule has 0 amide bonds. The second-order valence-corrected chi connectivity index (χ2v) is 16.0. The van der Waals surface area contributed by atoms with E-state index >= 15 is 0 Å². The van der Waals surface area contributed by atoms with Crippen LogP contribution in [0.3, 0.4) is 0 Å². The van der Waals surface area contributed by atoms with Gasteiger partial charge in [-0.2, -0.15) is 0 Å². The van der Waals surface area contributed by atoms with E-state index in [1.54, 1.807) is 0 Å². The lowest BCUT2D eigenvalue weighted by Gasteiger charge is -2.19. The highest BCUT2D eigenvalue weighted by molar-refractivity contribution is 7.47. The SMILES string of the molecule is CCCCCCC/C=C\CCCCCCCC(=O)OC(COC(=O)CCCCCCCCCCCCCCCCCCCC)COP(=O)(O)OC. The Kier molecular flexibility index (Phi) is 37.6. The van der Waals surface area contributed by atoms with Gasteiger partial charge in [-0.3, -0.25) is 18.6 Å². The Labute approximate surface area is 314 Å². The predicted molar refractivity (Wildman–Crippen MR) is 212 cm³/mol. The van der Waals surface area contributed by atoms with E-state index < -0.39 is 26.5 Å². The smallest absolute Gasteiger partial charge is 0.462 e. The quantitative estimate of drug-likeness (QED) is 0.0286. The van der Waals surface area contributed by atoms with E-state index in [2.05, 4.69) is 30.5 Å². The first-order chi connectivity index (χ1) is 24.8. The zero-order chi connectivity index (χ0) is 37.5. The van der Waals surface area contributed by atoms with Crippen LogP contribution in [0, 0.1) is 0 Å². The molecule has 2 atom stereocenters. The minimum Gasteiger partial charge on any atom is -0.462 e. The number of allylic oxidation sites excluding steroid dienone is 2. The molecule has 51 heavy (non-hydrogen) atoms. The number of phosphoric ester groups is 1. The van der Waals surface area contributed by atoms with Crippen molar-refractivity contribution in [1.29, 1.82) is 0 Å². The van der Waals surface area contributed by atoms with Crippen molar-refractivity contribution < 1.29 is 37.6 Å². The maximum Gasteiger partial charge on any atom is 0.472 e. The van der Waals surface area contributed by atoms with Crippen LogP contribution in [0.2, 0.25) is 0 Å². The van der Waals surface area contributed by atoms with Crippen molar-refractivity contribution in [3.05, 3.63) is 12.2 Å². The van der Waals surface area contributed by atoms with Crippen LogP contribution in [-0.2, 0) is 32.7 Å². The lowest BCUT2D eigenvalue weighted by molar-refractivity contribution is -0.161. The third-order valence-corrected chi connectivity index (χ3v) is 10.4. The summed E-state index contributed by atoms with van der Waals surface area (Å²) in [6, 6.07) is 0. The van der Waals surface area contributed by atoms with E-state index in [0.717, 1.165) is 58.5 Å². The minimum absolute atomic E-state index is 0.223. The van der Waals surface area contributed by atoms with Crippen LogP contribution in [0.5, 0.6) is 0 Å². The van der Waals surface area contributed by atoms with E-state index in [9.17, 15) is 19.0 Å². The van der Waals surface area contributed by atoms with Crippen molar-refractivity contribution in [3.8, 4) is 0 Å². The zero-order valence-corrected chi connectivity index (χ0v) is 34.4. The molecule has 0 aliphatic carbocycles. The zero-order valence-electron chi connectivity index (χ0n) is 33.5. The molecule has 0 heterocycles. The second kappa shape index (κ2) is 38.5. The maximum atomic E-state index is 12.5. The van der Waals surface area contributed by atoms with Gasteiger partial charge in [0.2, 0.25) is 0 Å². The van der Waals surface area contributed by atoms with Crippen molar-refractivity contribution >= 4 is 19.8 Å². The summed E-state index contributed by atoms with van der Waals surface area (Å²) in [6.45, 7) is 3.89. The van der Waals surface area contributed by atoms with Crippen LogP contribution in [0.1, 0.15) is 219 Å². The maximum absolute atomic E-state index is 12.5. The van der Waals surface area contributed by atoms with E-state index in [1.165, 1.54) is 135 Å². The predicted octanol–water partition coefficient (Wildman–Crippen LogP) is 13.3. The van der Waals surface area contributed by atoms with Gasteiger partial charge in [0.15, 0.2) is 6.10 Å². The first-order valence-corrected chi connectivity index (χ1v) is 22.9. The average molecular weight is 745 g/mol. The molecule has 0 aromatic heterocycles. The summed E-state index contributed by atoms with van der Waals surface area (Å²) in [7, 11) is -3.19. The summed E-state index contributed by atoms with van der Waals surface area (Å²) in [5.41, 5.74) is 0. The van der Waals surface area contributed by atoms with Gasteiger partial charge in [0.1, 0.15) is 6.61 Å². The molecule has 0 saturated carbocycles. The number of esters is 2. The molecule has 302 valence electrons. The second-order valence-electron chi connectivity index (χ2n) is 14.5. The van der Waals surface area contributed by atoms with Gasteiger partial charge in [0, 0.05) is 20.0 Å². The number of rotatable bonds is 40. The molecule has 8 nitrogen and oxygen atoms in total. The number of unbranched alkanes of at least 4 members (excludes halogenated alkanes) is 27. The normalized spacial score (nSPS) is 13.4. The largest absolute Gasteiger partial charge is 0.472 e. The topological polar surface area (TPSA) is 108 Å². The lowest BCUT2D eigenvalue weighted by Crippen LogP contribution is -2.29. The van der Waals surface area contributed by atoms with Gasteiger partial charge in [0.25, 0.3) is 0 Å². The number of hydrogen-bond acceptors (Lipinski definition) is 7. The fourth-order valence-corrected chi connectivity index (χ4v) is 6.64. The monoisotopic (exact) mass is 745 g/mol. The Bertz CT molecular complexity index is 849. The van der Waals surface area contributed by atoms with Gasteiger partial charge in [-0.15, -0.1) is 0 Å². The van der Waals surface area contributed by atoms with Crippen LogP contribution in [0.25, 0.3) is 0 Å². The standard InChI is InChI=1S/C42H81O8P/c1-4-6-8-10-12-14-16-18-20-21-22-23-25-26-28-30-32-34-36-41(43)48-38-40(39-49-51(45,46)47-3)50-42(44)37-35-33-31-29-27-24-19-17-15-13-11-9-7-5-2/h17,19,40H,4-16,18,20-39H2,1-3H3,(H,45,46)/b19-17-. The fourth-order valence-electron chi connectivity index (χ4n) is 6.18. The molecule has 9 heteroatoms. The molecule has 0 bridgehead atoms. The number of ether oxygens (including phenoxy) is 2. The first kappa shape index (κ1) is 49.8. The summed E-state index contributed by atoms with van der Waals surface area (Å²) < 4.78 is 32.0. The highest BCUT2D eigenvalue weighted by atomic mass is 31.2. The van der Waals surface area contributed by atoms with Gasteiger partial charge in [0.05, 0.1) is 6.61 Å². The molecule has 2 unspecified atom stereocenters. The minimum atomic E-state index is -4.26. The molecule has 0 aliphatic heterocycles. The number of carbonyl (C=O) groups is 2. The molecular weight excluding hydrogens is 663 g/mol. The van der Waals surface area contributed by atoms with E-state index in [4.69, 9.17) is 14.0 Å². The molecule has 1 N–H and O–H groups in total. The van der Waals surface area contributed by atoms with Crippen LogP contribution in [-0.4, -0.2) is 43.3 Å². The summed E-state index contributed by atoms with van der Waals surface area (Å²) in [5, 5.41) is 0. The van der Waals surface area contributed by atoms with Crippen molar-refractivity contribution in [1.82, 2.24) is 0 Å². The third-order valence-electron chi connectivity index (χ3n) is 9.51. The van der Waals surface area contributed by atoms with Gasteiger partial charge in [-0.25, -0.2) is 4.57 Å². The summed E-state index contributed by atoms with van der Waals surface area (Å²) >= 11 is 0. The lowest BCUT2D eigenvalue weighted by atomic mass is 10.0. The molecule has 0 aliphatic rings. The molecule has 0 saturated heterocycles. The Hall–Kier alpha value is -1.21.